The number of hydrogen-bond acceptors (Lipinski definition) is 1. The summed E-state index contributed by atoms with van der Waals surface area (Å²) in [4.78, 5) is 0. The quantitative estimate of drug-likeness (QED) is 0.819. The molecular formula is C13H16Cl2F3N. The average Bonchev–Trinajstić information content (AvgIpc) is 2.80. The summed E-state index contributed by atoms with van der Waals surface area (Å²) in [5, 5.41) is 0.0877. The first-order chi connectivity index (χ1) is 8.39. The van der Waals surface area contributed by atoms with E-state index in [9.17, 15) is 13.2 Å². The van der Waals surface area contributed by atoms with Gasteiger partial charge in [-0.15, -0.1) is 12.4 Å². The minimum atomic E-state index is -4.41. The molecule has 6 heteroatoms. The molecule has 2 N–H and O–H groups in total. The van der Waals surface area contributed by atoms with Crippen LogP contribution in [0.2, 0.25) is 5.02 Å². The first-order valence-electron chi connectivity index (χ1n) is 6.02. The molecule has 108 valence electrons. The summed E-state index contributed by atoms with van der Waals surface area (Å²) in [6.07, 6.45) is -0.501. The highest BCUT2D eigenvalue weighted by Crippen LogP contribution is 2.40. The summed E-state index contributed by atoms with van der Waals surface area (Å²) in [6, 6.07) is 3.29. The van der Waals surface area contributed by atoms with Crippen molar-refractivity contribution in [2.75, 3.05) is 0 Å². The maximum atomic E-state index is 13.0. The van der Waals surface area contributed by atoms with Crippen molar-refractivity contribution < 1.29 is 13.2 Å². The number of benzene rings is 1. The Balaban J connectivity index is 0.00000180. The number of rotatable bonds is 2. The summed E-state index contributed by atoms with van der Waals surface area (Å²) in [7, 11) is 0. The fourth-order valence-corrected chi connectivity index (χ4v) is 2.81. The number of hydrogen-bond donors (Lipinski definition) is 1. The standard InChI is InChI=1S/C13H15ClF3N.ClH/c14-9-5-6-10(11(7-9)13(15,16)17)12(18)8-3-1-2-4-8;/h5-8,12H,1-4,18H2;1H/t12-;/m1./s1. The van der Waals surface area contributed by atoms with Gasteiger partial charge in [0.15, 0.2) is 0 Å². The molecule has 19 heavy (non-hydrogen) atoms. The van der Waals surface area contributed by atoms with Gasteiger partial charge >= 0.3 is 6.18 Å². The van der Waals surface area contributed by atoms with E-state index in [0.717, 1.165) is 31.7 Å². The van der Waals surface area contributed by atoms with Crippen LogP contribution in [0, 0.1) is 5.92 Å². The number of nitrogens with two attached hydrogens (primary N) is 1. The van der Waals surface area contributed by atoms with Crippen LogP contribution in [0.1, 0.15) is 42.9 Å². The van der Waals surface area contributed by atoms with E-state index in [1.54, 1.807) is 0 Å². The lowest BCUT2D eigenvalue weighted by Gasteiger charge is -2.23. The molecule has 1 aromatic carbocycles. The van der Waals surface area contributed by atoms with Crippen molar-refractivity contribution in [2.45, 2.75) is 37.9 Å². The Bertz CT molecular complexity index is 428. The molecule has 0 aliphatic heterocycles. The molecule has 1 aliphatic carbocycles. The highest BCUT2D eigenvalue weighted by molar-refractivity contribution is 6.30. The Hall–Kier alpha value is -0.450. The van der Waals surface area contributed by atoms with Gasteiger partial charge < -0.3 is 5.73 Å². The Labute approximate surface area is 121 Å². The predicted octanol–water partition coefficient (Wildman–Crippen LogP) is 4.97. The van der Waals surface area contributed by atoms with Gasteiger partial charge in [0, 0.05) is 11.1 Å². The maximum Gasteiger partial charge on any atom is 0.416 e. The van der Waals surface area contributed by atoms with Crippen molar-refractivity contribution in [3.63, 3.8) is 0 Å². The molecule has 0 aromatic heterocycles. The van der Waals surface area contributed by atoms with Gasteiger partial charge in [0.1, 0.15) is 0 Å². The lowest BCUT2D eigenvalue weighted by atomic mass is 9.89. The fraction of sp³-hybridized carbons (Fsp3) is 0.538. The second-order valence-corrected chi connectivity index (χ2v) is 5.24. The van der Waals surface area contributed by atoms with Crippen molar-refractivity contribution in [3.05, 3.63) is 34.3 Å². The van der Waals surface area contributed by atoms with E-state index >= 15 is 0 Å². The second-order valence-electron chi connectivity index (χ2n) is 4.80. The third kappa shape index (κ3) is 3.77. The van der Waals surface area contributed by atoms with Gasteiger partial charge in [-0.25, -0.2) is 0 Å². The smallest absolute Gasteiger partial charge is 0.324 e. The Kier molecular flexibility index (Phi) is 5.53. The average molecular weight is 314 g/mol. The van der Waals surface area contributed by atoms with Gasteiger partial charge in [-0.3, -0.25) is 0 Å². The van der Waals surface area contributed by atoms with Gasteiger partial charge in [-0.2, -0.15) is 13.2 Å². The van der Waals surface area contributed by atoms with Crippen LogP contribution in [0.5, 0.6) is 0 Å². The third-order valence-corrected chi connectivity index (χ3v) is 3.82. The van der Waals surface area contributed by atoms with Gasteiger partial charge in [-0.05, 0) is 36.5 Å². The van der Waals surface area contributed by atoms with Crippen LogP contribution in [0.4, 0.5) is 13.2 Å². The second kappa shape index (κ2) is 6.33. The van der Waals surface area contributed by atoms with Crippen LogP contribution in [0.15, 0.2) is 18.2 Å². The highest BCUT2D eigenvalue weighted by atomic mass is 35.5. The molecular weight excluding hydrogens is 298 g/mol. The van der Waals surface area contributed by atoms with E-state index in [2.05, 4.69) is 0 Å². The van der Waals surface area contributed by atoms with Crippen LogP contribution in [-0.4, -0.2) is 0 Å². The summed E-state index contributed by atoms with van der Waals surface area (Å²) in [6.45, 7) is 0. The van der Waals surface area contributed by atoms with Crippen LogP contribution in [-0.2, 0) is 6.18 Å². The maximum absolute atomic E-state index is 13.0. The summed E-state index contributed by atoms with van der Waals surface area (Å²) in [5.41, 5.74) is 5.47. The lowest BCUT2D eigenvalue weighted by Crippen LogP contribution is -2.23. The summed E-state index contributed by atoms with van der Waals surface area (Å²) in [5.74, 6) is 0.146. The molecule has 1 nitrogen and oxygen atoms in total. The first-order valence-corrected chi connectivity index (χ1v) is 6.39. The topological polar surface area (TPSA) is 26.0 Å². The molecule has 0 radical (unpaired) electrons. The molecule has 0 bridgehead atoms. The molecule has 0 spiro atoms. The Morgan fingerprint density at radius 1 is 1.21 bits per heavy atom. The molecule has 1 saturated carbocycles. The number of alkyl halides is 3. The van der Waals surface area contributed by atoms with Gasteiger partial charge in [0.05, 0.1) is 5.56 Å². The van der Waals surface area contributed by atoms with Crippen molar-refractivity contribution in [2.24, 2.45) is 11.7 Å². The normalized spacial score (nSPS) is 18.2. The minimum Gasteiger partial charge on any atom is -0.324 e. The zero-order chi connectivity index (χ0) is 13.3. The number of halogens is 5. The van der Waals surface area contributed by atoms with Crippen LogP contribution < -0.4 is 5.73 Å². The van der Waals surface area contributed by atoms with Crippen LogP contribution in [0.25, 0.3) is 0 Å². The van der Waals surface area contributed by atoms with E-state index in [4.69, 9.17) is 17.3 Å². The van der Waals surface area contributed by atoms with E-state index in [1.807, 2.05) is 0 Å². The van der Waals surface area contributed by atoms with Gasteiger partial charge in [-0.1, -0.05) is 30.5 Å². The fourth-order valence-electron chi connectivity index (χ4n) is 2.64. The molecule has 1 atom stereocenters. The zero-order valence-electron chi connectivity index (χ0n) is 10.2. The van der Waals surface area contributed by atoms with E-state index in [0.29, 0.717) is 0 Å². The molecule has 0 unspecified atom stereocenters. The van der Waals surface area contributed by atoms with Crippen molar-refractivity contribution >= 4 is 24.0 Å². The largest absolute Gasteiger partial charge is 0.416 e. The van der Waals surface area contributed by atoms with E-state index < -0.39 is 17.8 Å². The van der Waals surface area contributed by atoms with Gasteiger partial charge in [0.2, 0.25) is 0 Å². The minimum absolute atomic E-state index is 0. The summed E-state index contributed by atoms with van der Waals surface area (Å²) < 4.78 is 38.9. The molecule has 1 aromatic rings. The molecule has 0 amide bonds. The summed E-state index contributed by atoms with van der Waals surface area (Å²) >= 11 is 5.65. The lowest BCUT2D eigenvalue weighted by molar-refractivity contribution is -0.138. The predicted molar refractivity (Wildman–Crippen MR) is 72.6 cm³/mol. The monoisotopic (exact) mass is 313 g/mol. The van der Waals surface area contributed by atoms with Gasteiger partial charge in [0.25, 0.3) is 0 Å². The molecule has 1 aliphatic rings. The Morgan fingerprint density at radius 2 is 1.79 bits per heavy atom. The highest BCUT2D eigenvalue weighted by Gasteiger charge is 2.36. The zero-order valence-corrected chi connectivity index (χ0v) is 11.8. The van der Waals surface area contributed by atoms with E-state index in [-0.39, 0.29) is 28.9 Å². The molecule has 1 fully saturated rings. The molecule has 2 rings (SSSR count). The van der Waals surface area contributed by atoms with Crippen LogP contribution in [0.3, 0.4) is 0 Å². The SMILES string of the molecule is Cl.N[C@@H](c1ccc(Cl)cc1C(F)(F)F)C1CCCC1. The van der Waals surface area contributed by atoms with Crippen LogP contribution >= 0.6 is 24.0 Å². The Morgan fingerprint density at radius 3 is 2.32 bits per heavy atom. The van der Waals surface area contributed by atoms with Crippen molar-refractivity contribution in [1.82, 2.24) is 0 Å². The third-order valence-electron chi connectivity index (χ3n) is 3.59. The molecule has 0 saturated heterocycles. The van der Waals surface area contributed by atoms with Crippen molar-refractivity contribution in [1.29, 1.82) is 0 Å². The van der Waals surface area contributed by atoms with Crippen molar-refractivity contribution in [3.8, 4) is 0 Å². The first kappa shape index (κ1) is 16.6. The van der Waals surface area contributed by atoms with E-state index in [1.165, 1.54) is 12.1 Å². The molecule has 0 heterocycles.